The Labute approximate surface area is 126 Å². The molecule has 3 nitrogen and oxygen atoms in total. The standard InChI is InChI=1S/C16H15BrO3/c1-11(18)15-7-6-14(9-16(15)19-2)20-10-12-4-3-5-13(17)8-12/h3-9H,10H2,1-2H3. The number of benzene rings is 2. The van der Waals surface area contributed by atoms with E-state index >= 15 is 0 Å². The maximum atomic E-state index is 11.4. The van der Waals surface area contributed by atoms with Crippen LogP contribution in [0.15, 0.2) is 46.9 Å². The Morgan fingerprint density at radius 2 is 2.00 bits per heavy atom. The summed E-state index contributed by atoms with van der Waals surface area (Å²) in [5.74, 6) is 1.18. The Bertz CT molecular complexity index is 623. The molecule has 2 rings (SSSR count). The SMILES string of the molecule is COc1cc(OCc2cccc(Br)c2)ccc1C(C)=O. The Balaban J connectivity index is 2.12. The summed E-state index contributed by atoms with van der Waals surface area (Å²) in [5, 5.41) is 0. The van der Waals surface area contributed by atoms with Gasteiger partial charge in [-0.1, -0.05) is 28.1 Å². The van der Waals surface area contributed by atoms with Crippen molar-refractivity contribution in [3.63, 3.8) is 0 Å². The van der Waals surface area contributed by atoms with Crippen molar-refractivity contribution in [2.45, 2.75) is 13.5 Å². The summed E-state index contributed by atoms with van der Waals surface area (Å²) in [6, 6.07) is 13.1. The monoisotopic (exact) mass is 334 g/mol. The van der Waals surface area contributed by atoms with Crippen LogP contribution in [-0.4, -0.2) is 12.9 Å². The molecule has 0 heterocycles. The quantitative estimate of drug-likeness (QED) is 0.767. The Hall–Kier alpha value is -1.81. The molecule has 4 heteroatoms. The highest BCUT2D eigenvalue weighted by molar-refractivity contribution is 9.10. The van der Waals surface area contributed by atoms with Gasteiger partial charge in [-0.15, -0.1) is 0 Å². The molecule has 20 heavy (non-hydrogen) atoms. The van der Waals surface area contributed by atoms with E-state index in [1.807, 2.05) is 24.3 Å². The second kappa shape index (κ2) is 6.57. The third-order valence-electron chi connectivity index (χ3n) is 2.85. The van der Waals surface area contributed by atoms with Crippen molar-refractivity contribution in [1.82, 2.24) is 0 Å². The molecule has 0 amide bonds. The van der Waals surface area contributed by atoms with Crippen molar-refractivity contribution in [3.05, 3.63) is 58.1 Å². The molecule has 0 saturated heterocycles. The second-order valence-electron chi connectivity index (χ2n) is 4.34. The smallest absolute Gasteiger partial charge is 0.163 e. The first-order chi connectivity index (χ1) is 9.60. The van der Waals surface area contributed by atoms with Crippen LogP contribution in [0, 0.1) is 0 Å². The van der Waals surface area contributed by atoms with Crippen LogP contribution in [0.2, 0.25) is 0 Å². The molecule has 104 valence electrons. The second-order valence-corrected chi connectivity index (χ2v) is 5.25. The number of methoxy groups -OCH3 is 1. The van der Waals surface area contributed by atoms with Crippen LogP contribution < -0.4 is 9.47 Å². The average molecular weight is 335 g/mol. The van der Waals surface area contributed by atoms with E-state index in [-0.39, 0.29) is 5.78 Å². The molecule has 0 fully saturated rings. The highest BCUT2D eigenvalue weighted by Gasteiger charge is 2.09. The molecule has 0 aromatic heterocycles. The van der Waals surface area contributed by atoms with Gasteiger partial charge in [0.25, 0.3) is 0 Å². The van der Waals surface area contributed by atoms with Crippen LogP contribution in [0.3, 0.4) is 0 Å². The first-order valence-electron chi connectivity index (χ1n) is 6.16. The number of ether oxygens (including phenoxy) is 2. The van der Waals surface area contributed by atoms with Crippen molar-refractivity contribution < 1.29 is 14.3 Å². The van der Waals surface area contributed by atoms with Crippen LogP contribution in [-0.2, 0) is 6.61 Å². The van der Waals surface area contributed by atoms with E-state index < -0.39 is 0 Å². The van der Waals surface area contributed by atoms with E-state index in [1.54, 1.807) is 25.3 Å². The zero-order chi connectivity index (χ0) is 14.5. The minimum Gasteiger partial charge on any atom is -0.496 e. The Morgan fingerprint density at radius 3 is 2.65 bits per heavy atom. The molecular weight excluding hydrogens is 320 g/mol. The van der Waals surface area contributed by atoms with Crippen LogP contribution in [0.4, 0.5) is 0 Å². The molecule has 2 aromatic rings. The van der Waals surface area contributed by atoms with Gasteiger partial charge < -0.3 is 9.47 Å². The van der Waals surface area contributed by atoms with E-state index in [2.05, 4.69) is 15.9 Å². The lowest BCUT2D eigenvalue weighted by Gasteiger charge is -2.10. The highest BCUT2D eigenvalue weighted by Crippen LogP contribution is 2.26. The van der Waals surface area contributed by atoms with Gasteiger partial charge in [0.05, 0.1) is 12.7 Å². The Kier molecular flexibility index (Phi) is 4.79. The number of hydrogen-bond donors (Lipinski definition) is 0. The molecule has 0 aliphatic heterocycles. The van der Waals surface area contributed by atoms with Crippen LogP contribution in [0.25, 0.3) is 0 Å². The van der Waals surface area contributed by atoms with Gasteiger partial charge in [0.2, 0.25) is 0 Å². The van der Waals surface area contributed by atoms with Crippen molar-refractivity contribution in [3.8, 4) is 11.5 Å². The molecule has 0 unspecified atom stereocenters. The highest BCUT2D eigenvalue weighted by atomic mass is 79.9. The lowest BCUT2D eigenvalue weighted by Crippen LogP contribution is -2.00. The molecule has 0 atom stereocenters. The van der Waals surface area contributed by atoms with Gasteiger partial charge in [-0.2, -0.15) is 0 Å². The third-order valence-corrected chi connectivity index (χ3v) is 3.34. The van der Waals surface area contributed by atoms with Crippen molar-refractivity contribution in [2.24, 2.45) is 0 Å². The molecule has 0 bridgehead atoms. The number of rotatable bonds is 5. The van der Waals surface area contributed by atoms with Crippen LogP contribution in [0.5, 0.6) is 11.5 Å². The fraction of sp³-hybridized carbons (Fsp3) is 0.188. The maximum Gasteiger partial charge on any atom is 0.163 e. The molecule has 2 aromatic carbocycles. The first-order valence-corrected chi connectivity index (χ1v) is 6.95. The summed E-state index contributed by atoms with van der Waals surface area (Å²) < 4.78 is 11.9. The van der Waals surface area contributed by atoms with E-state index in [9.17, 15) is 4.79 Å². The largest absolute Gasteiger partial charge is 0.496 e. The Morgan fingerprint density at radius 1 is 1.20 bits per heavy atom. The summed E-state index contributed by atoms with van der Waals surface area (Å²) in [4.78, 5) is 11.4. The molecule has 0 aliphatic rings. The first kappa shape index (κ1) is 14.6. The third kappa shape index (κ3) is 3.61. The summed E-state index contributed by atoms with van der Waals surface area (Å²) in [6.07, 6.45) is 0. The predicted molar refractivity (Wildman–Crippen MR) is 81.5 cm³/mol. The number of halogens is 1. The number of Topliss-reactive ketones (excluding diaryl/α,β-unsaturated/α-hetero) is 1. The zero-order valence-electron chi connectivity index (χ0n) is 11.4. The van der Waals surface area contributed by atoms with Gasteiger partial charge >= 0.3 is 0 Å². The van der Waals surface area contributed by atoms with Crippen molar-refractivity contribution in [2.75, 3.05) is 7.11 Å². The van der Waals surface area contributed by atoms with Gasteiger partial charge in [0, 0.05) is 10.5 Å². The molecule has 0 radical (unpaired) electrons. The van der Waals surface area contributed by atoms with Crippen molar-refractivity contribution in [1.29, 1.82) is 0 Å². The van der Waals surface area contributed by atoms with Gasteiger partial charge in [0.1, 0.15) is 18.1 Å². The van der Waals surface area contributed by atoms with Gasteiger partial charge in [-0.3, -0.25) is 4.79 Å². The normalized spacial score (nSPS) is 10.2. The topological polar surface area (TPSA) is 35.5 Å². The van der Waals surface area contributed by atoms with Gasteiger partial charge in [-0.05, 0) is 36.8 Å². The van der Waals surface area contributed by atoms with Crippen molar-refractivity contribution >= 4 is 21.7 Å². The van der Waals surface area contributed by atoms with E-state index in [0.717, 1.165) is 10.0 Å². The van der Waals surface area contributed by atoms with Gasteiger partial charge in [0.15, 0.2) is 5.78 Å². The average Bonchev–Trinajstić information content (AvgIpc) is 2.44. The van der Waals surface area contributed by atoms with Crippen LogP contribution in [0.1, 0.15) is 22.8 Å². The fourth-order valence-electron chi connectivity index (χ4n) is 1.85. The summed E-state index contributed by atoms with van der Waals surface area (Å²) in [5.41, 5.74) is 1.62. The van der Waals surface area contributed by atoms with E-state index in [4.69, 9.17) is 9.47 Å². The summed E-state index contributed by atoms with van der Waals surface area (Å²) >= 11 is 3.42. The van der Waals surface area contributed by atoms with Crippen LogP contribution >= 0.6 is 15.9 Å². The molecule has 0 aliphatic carbocycles. The molecular formula is C16H15BrO3. The van der Waals surface area contributed by atoms with E-state index in [0.29, 0.717) is 23.7 Å². The number of hydrogen-bond acceptors (Lipinski definition) is 3. The van der Waals surface area contributed by atoms with E-state index in [1.165, 1.54) is 6.92 Å². The molecule has 0 N–H and O–H groups in total. The lowest BCUT2D eigenvalue weighted by molar-refractivity contribution is 0.101. The predicted octanol–water partition coefficient (Wildman–Crippen LogP) is 4.24. The minimum atomic E-state index is -0.0274. The number of ketones is 1. The maximum absolute atomic E-state index is 11.4. The molecule has 0 saturated carbocycles. The van der Waals surface area contributed by atoms with Gasteiger partial charge in [-0.25, -0.2) is 0 Å². The number of carbonyl (C=O) groups excluding carboxylic acids is 1. The molecule has 0 spiro atoms. The zero-order valence-corrected chi connectivity index (χ0v) is 12.9. The fourth-order valence-corrected chi connectivity index (χ4v) is 2.29. The minimum absolute atomic E-state index is 0.0274. The number of carbonyl (C=O) groups is 1. The summed E-state index contributed by atoms with van der Waals surface area (Å²) in [6.45, 7) is 1.97. The lowest BCUT2D eigenvalue weighted by atomic mass is 10.1. The summed E-state index contributed by atoms with van der Waals surface area (Å²) in [7, 11) is 1.54.